The third-order valence-electron chi connectivity index (χ3n) is 3.58. The Bertz CT molecular complexity index is 686. The zero-order valence-electron chi connectivity index (χ0n) is 13.0. The number of nitriles is 1. The van der Waals surface area contributed by atoms with E-state index in [4.69, 9.17) is 10.00 Å². The molecule has 0 N–H and O–H groups in total. The smallest absolute Gasteiger partial charge is 0.123 e. The molecule has 0 fully saturated rings. The van der Waals surface area contributed by atoms with E-state index in [0.29, 0.717) is 12.1 Å². The zero-order valence-corrected chi connectivity index (χ0v) is 13.0. The van der Waals surface area contributed by atoms with E-state index < -0.39 is 0 Å². The average molecular weight is 280 g/mol. The second kappa shape index (κ2) is 6.32. The van der Waals surface area contributed by atoms with Crippen LogP contribution in [0.15, 0.2) is 36.4 Å². The summed E-state index contributed by atoms with van der Waals surface area (Å²) in [6, 6.07) is 14.1. The van der Waals surface area contributed by atoms with Crippen LogP contribution in [-0.2, 0) is 6.54 Å². The molecule has 108 valence electrons. The standard InChI is InChI=1S/C18H20N2O/c1-13-5-7-17(14(2)9-13)20(3)12-16-10-15(11-19)6-8-18(16)21-4/h5-10H,12H2,1-4H3. The Kier molecular flexibility index (Phi) is 4.49. The second-order valence-electron chi connectivity index (χ2n) is 5.28. The average Bonchev–Trinajstić information content (AvgIpc) is 2.46. The number of hydrogen-bond acceptors (Lipinski definition) is 3. The Hall–Kier alpha value is -2.47. The normalized spacial score (nSPS) is 10.0. The molecule has 0 aromatic heterocycles. The summed E-state index contributed by atoms with van der Waals surface area (Å²) in [5, 5.41) is 9.05. The lowest BCUT2D eigenvalue weighted by Gasteiger charge is -2.23. The van der Waals surface area contributed by atoms with E-state index in [1.807, 2.05) is 12.1 Å². The Morgan fingerprint density at radius 2 is 1.90 bits per heavy atom. The van der Waals surface area contributed by atoms with Crippen molar-refractivity contribution in [2.75, 3.05) is 19.1 Å². The van der Waals surface area contributed by atoms with Crippen molar-refractivity contribution in [2.45, 2.75) is 20.4 Å². The van der Waals surface area contributed by atoms with E-state index in [9.17, 15) is 0 Å². The van der Waals surface area contributed by atoms with Crippen molar-refractivity contribution in [3.63, 3.8) is 0 Å². The summed E-state index contributed by atoms with van der Waals surface area (Å²) in [7, 11) is 3.71. The molecule has 0 amide bonds. The molecule has 0 unspecified atom stereocenters. The molecule has 0 aliphatic carbocycles. The fourth-order valence-electron chi connectivity index (χ4n) is 2.55. The molecule has 0 spiro atoms. The quantitative estimate of drug-likeness (QED) is 0.854. The second-order valence-corrected chi connectivity index (χ2v) is 5.28. The number of methoxy groups -OCH3 is 1. The number of ether oxygens (including phenoxy) is 1. The Balaban J connectivity index is 2.30. The molecule has 0 atom stereocenters. The molecule has 2 aromatic carbocycles. The molecule has 0 saturated heterocycles. The predicted octanol–water partition coefficient (Wildman–Crippen LogP) is 3.82. The fourth-order valence-corrected chi connectivity index (χ4v) is 2.55. The summed E-state index contributed by atoms with van der Waals surface area (Å²) in [6.07, 6.45) is 0. The van der Waals surface area contributed by atoms with E-state index in [2.05, 4.69) is 50.1 Å². The van der Waals surface area contributed by atoms with Crippen LogP contribution in [0.3, 0.4) is 0 Å². The van der Waals surface area contributed by atoms with Gasteiger partial charge in [-0.25, -0.2) is 0 Å². The van der Waals surface area contributed by atoms with Crippen molar-refractivity contribution in [1.29, 1.82) is 5.26 Å². The lowest BCUT2D eigenvalue weighted by Crippen LogP contribution is -2.18. The van der Waals surface area contributed by atoms with Gasteiger partial charge < -0.3 is 9.64 Å². The third kappa shape index (κ3) is 3.35. The number of anilines is 1. The molecule has 2 aromatic rings. The molecule has 0 heterocycles. The molecule has 21 heavy (non-hydrogen) atoms. The molecular formula is C18H20N2O. The number of hydrogen-bond donors (Lipinski definition) is 0. The van der Waals surface area contributed by atoms with Crippen LogP contribution < -0.4 is 9.64 Å². The lowest BCUT2D eigenvalue weighted by atomic mass is 10.1. The van der Waals surface area contributed by atoms with Gasteiger partial charge in [0.15, 0.2) is 0 Å². The minimum Gasteiger partial charge on any atom is -0.496 e. The summed E-state index contributed by atoms with van der Waals surface area (Å²) in [5.41, 5.74) is 5.35. The zero-order chi connectivity index (χ0) is 15.4. The van der Waals surface area contributed by atoms with Crippen LogP contribution in [0.4, 0.5) is 5.69 Å². The van der Waals surface area contributed by atoms with Gasteiger partial charge in [0.25, 0.3) is 0 Å². The van der Waals surface area contributed by atoms with E-state index in [0.717, 1.165) is 11.3 Å². The minimum atomic E-state index is 0.653. The fraction of sp³-hybridized carbons (Fsp3) is 0.278. The van der Waals surface area contributed by atoms with Crippen LogP contribution in [0.2, 0.25) is 0 Å². The molecule has 0 radical (unpaired) electrons. The van der Waals surface area contributed by atoms with Crippen molar-refractivity contribution in [3.8, 4) is 11.8 Å². The molecule has 0 bridgehead atoms. The molecular weight excluding hydrogens is 260 g/mol. The first-order valence-corrected chi connectivity index (χ1v) is 6.90. The van der Waals surface area contributed by atoms with Gasteiger partial charge in [-0.2, -0.15) is 5.26 Å². The number of nitrogens with zero attached hydrogens (tertiary/aromatic N) is 2. The van der Waals surface area contributed by atoms with Gasteiger partial charge in [0.1, 0.15) is 5.75 Å². The topological polar surface area (TPSA) is 36.3 Å². The highest BCUT2D eigenvalue weighted by Gasteiger charge is 2.10. The van der Waals surface area contributed by atoms with Crippen LogP contribution in [0.1, 0.15) is 22.3 Å². The SMILES string of the molecule is COc1ccc(C#N)cc1CN(C)c1ccc(C)cc1C. The molecule has 0 aliphatic heterocycles. The Labute approximate surface area is 126 Å². The van der Waals surface area contributed by atoms with Crippen molar-refractivity contribution in [2.24, 2.45) is 0 Å². The number of aryl methyl sites for hydroxylation is 2. The molecule has 0 aliphatic rings. The van der Waals surface area contributed by atoms with Crippen LogP contribution in [0.25, 0.3) is 0 Å². The first-order chi connectivity index (χ1) is 10.0. The maximum atomic E-state index is 9.05. The number of benzene rings is 2. The highest BCUT2D eigenvalue weighted by atomic mass is 16.5. The van der Waals surface area contributed by atoms with Gasteiger partial charge in [-0.1, -0.05) is 17.7 Å². The van der Waals surface area contributed by atoms with E-state index in [-0.39, 0.29) is 0 Å². The predicted molar refractivity (Wildman–Crippen MR) is 85.7 cm³/mol. The first-order valence-electron chi connectivity index (χ1n) is 6.90. The largest absolute Gasteiger partial charge is 0.496 e. The highest BCUT2D eigenvalue weighted by Crippen LogP contribution is 2.26. The van der Waals surface area contributed by atoms with Crippen LogP contribution in [-0.4, -0.2) is 14.2 Å². The van der Waals surface area contributed by atoms with Gasteiger partial charge >= 0.3 is 0 Å². The monoisotopic (exact) mass is 280 g/mol. The van der Waals surface area contributed by atoms with E-state index >= 15 is 0 Å². The van der Waals surface area contributed by atoms with Crippen LogP contribution in [0.5, 0.6) is 5.75 Å². The maximum Gasteiger partial charge on any atom is 0.123 e. The summed E-state index contributed by atoms with van der Waals surface area (Å²) in [5.74, 6) is 0.811. The molecule has 0 saturated carbocycles. The van der Waals surface area contributed by atoms with Gasteiger partial charge in [-0.05, 0) is 43.7 Å². The van der Waals surface area contributed by atoms with Gasteiger partial charge in [-0.3, -0.25) is 0 Å². The summed E-state index contributed by atoms with van der Waals surface area (Å²) < 4.78 is 5.39. The Morgan fingerprint density at radius 1 is 1.14 bits per heavy atom. The minimum absolute atomic E-state index is 0.653. The molecule has 2 rings (SSSR count). The van der Waals surface area contributed by atoms with E-state index in [1.54, 1.807) is 13.2 Å². The van der Waals surface area contributed by atoms with E-state index in [1.165, 1.54) is 16.8 Å². The molecule has 3 nitrogen and oxygen atoms in total. The first kappa shape index (κ1) is 14.9. The van der Waals surface area contributed by atoms with Gasteiger partial charge in [0, 0.05) is 24.8 Å². The summed E-state index contributed by atoms with van der Waals surface area (Å²) in [4.78, 5) is 2.17. The van der Waals surface area contributed by atoms with Crippen LogP contribution in [0, 0.1) is 25.2 Å². The van der Waals surface area contributed by atoms with Crippen molar-refractivity contribution >= 4 is 5.69 Å². The van der Waals surface area contributed by atoms with Gasteiger partial charge in [0.2, 0.25) is 0 Å². The van der Waals surface area contributed by atoms with Gasteiger partial charge in [-0.15, -0.1) is 0 Å². The number of rotatable bonds is 4. The van der Waals surface area contributed by atoms with Crippen molar-refractivity contribution in [3.05, 3.63) is 58.7 Å². The summed E-state index contributed by atoms with van der Waals surface area (Å²) >= 11 is 0. The maximum absolute atomic E-state index is 9.05. The Morgan fingerprint density at radius 3 is 2.52 bits per heavy atom. The van der Waals surface area contributed by atoms with Gasteiger partial charge in [0.05, 0.1) is 18.7 Å². The highest BCUT2D eigenvalue weighted by molar-refractivity contribution is 5.55. The van der Waals surface area contributed by atoms with Crippen molar-refractivity contribution in [1.82, 2.24) is 0 Å². The molecule has 3 heteroatoms. The van der Waals surface area contributed by atoms with Crippen LogP contribution >= 0.6 is 0 Å². The third-order valence-corrected chi connectivity index (χ3v) is 3.58. The summed E-state index contributed by atoms with van der Waals surface area (Å²) in [6.45, 7) is 4.90. The lowest BCUT2D eigenvalue weighted by molar-refractivity contribution is 0.409. The van der Waals surface area contributed by atoms with Crippen molar-refractivity contribution < 1.29 is 4.74 Å².